The van der Waals surface area contributed by atoms with Crippen LogP contribution in [0.15, 0.2) is 65.6 Å². The molecule has 0 unspecified atom stereocenters. The smallest absolute Gasteiger partial charge is 0.237 e. The number of benzene rings is 3. The minimum atomic E-state index is -0.218. The van der Waals surface area contributed by atoms with Gasteiger partial charge >= 0.3 is 0 Å². The Morgan fingerprint density at radius 1 is 0.962 bits per heavy atom. The molecular formula is C21H19NO3S. The average molecular weight is 365 g/mol. The van der Waals surface area contributed by atoms with Crippen LogP contribution in [0.3, 0.4) is 0 Å². The lowest BCUT2D eigenvalue weighted by Crippen LogP contribution is -2.22. The first kappa shape index (κ1) is 16.8. The first-order valence-corrected chi connectivity index (χ1v) is 9.43. The number of thioether (sulfide) groups is 1. The van der Waals surface area contributed by atoms with Crippen molar-refractivity contribution in [2.75, 3.05) is 18.5 Å². The van der Waals surface area contributed by atoms with Gasteiger partial charge in [-0.2, -0.15) is 0 Å². The maximum absolute atomic E-state index is 12.5. The number of carbonyl (C=O) groups is 1. The fraction of sp³-hybridized carbons (Fsp3) is 0.190. The summed E-state index contributed by atoms with van der Waals surface area (Å²) in [6.45, 7) is 2.99. The molecule has 1 N–H and O–H groups in total. The summed E-state index contributed by atoms with van der Waals surface area (Å²) in [6.07, 6.45) is 0. The monoisotopic (exact) mass is 365 g/mol. The van der Waals surface area contributed by atoms with Crippen molar-refractivity contribution in [3.63, 3.8) is 0 Å². The molecule has 0 bridgehead atoms. The van der Waals surface area contributed by atoms with Gasteiger partial charge < -0.3 is 14.8 Å². The Morgan fingerprint density at radius 3 is 2.58 bits per heavy atom. The summed E-state index contributed by atoms with van der Waals surface area (Å²) in [6, 6.07) is 19.9. The third-order valence-corrected chi connectivity index (χ3v) is 5.31. The highest BCUT2D eigenvalue weighted by atomic mass is 32.2. The predicted octanol–water partition coefficient (Wildman–Crippen LogP) is 4.73. The van der Waals surface area contributed by atoms with Crippen LogP contribution in [0.2, 0.25) is 0 Å². The first-order chi connectivity index (χ1) is 12.7. The summed E-state index contributed by atoms with van der Waals surface area (Å²) in [5, 5.41) is 5.11. The normalized spacial score (nSPS) is 14.0. The second-order valence-corrected chi connectivity index (χ2v) is 7.53. The van der Waals surface area contributed by atoms with Crippen molar-refractivity contribution in [1.29, 1.82) is 0 Å². The minimum Gasteiger partial charge on any atom is -0.486 e. The molecule has 5 heteroatoms. The van der Waals surface area contributed by atoms with E-state index in [4.69, 9.17) is 9.47 Å². The molecule has 0 fully saturated rings. The van der Waals surface area contributed by atoms with E-state index in [0.29, 0.717) is 30.4 Å². The lowest BCUT2D eigenvalue weighted by molar-refractivity contribution is -0.115. The number of anilines is 1. The van der Waals surface area contributed by atoms with Gasteiger partial charge in [-0.05, 0) is 42.0 Å². The Morgan fingerprint density at radius 2 is 1.73 bits per heavy atom. The Balaban J connectivity index is 1.44. The molecule has 4 rings (SSSR count). The van der Waals surface area contributed by atoms with Crippen LogP contribution in [0, 0.1) is 0 Å². The van der Waals surface area contributed by atoms with Gasteiger partial charge in [0.15, 0.2) is 11.5 Å². The van der Waals surface area contributed by atoms with Gasteiger partial charge in [-0.1, -0.05) is 30.3 Å². The van der Waals surface area contributed by atoms with Crippen molar-refractivity contribution in [2.45, 2.75) is 17.1 Å². The van der Waals surface area contributed by atoms with Crippen molar-refractivity contribution < 1.29 is 14.3 Å². The highest BCUT2D eigenvalue weighted by Crippen LogP contribution is 2.33. The molecule has 1 aliphatic heterocycles. The van der Waals surface area contributed by atoms with Gasteiger partial charge in [0.2, 0.25) is 5.91 Å². The number of carbonyl (C=O) groups excluding carboxylic acids is 1. The molecule has 3 aromatic carbocycles. The lowest BCUT2D eigenvalue weighted by atomic mass is 10.1. The Kier molecular flexibility index (Phi) is 4.71. The molecule has 4 nitrogen and oxygen atoms in total. The largest absolute Gasteiger partial charge is 0.486 e. The van der Waals surface area contributed by atoms with Crippen molar-refractivity contribution in [2.24, 2.45) is 0 Å². The maximum Gasteiger partial charge on any atom is 0.237 e. The summed E-state index contributed by atoms with van der Waals surface area (Å²) >= 11 is 1.55. The summed E-state index contributed by atoms with van der Waals surface area (Å²) in [5.74, 6) is 1.34. The number of rotatable bonds is 4. The summed E-state index contributed by atoms with van der Waals surface area (Å²) < 4.78 is 11.1. The van der Waals surface area contributed by atoms with Crippen LogP contribution in [0.1, 0.15) is 6.92 Å². The minimum absolute atomic E-state index is 0.0418. The summed E-state index contributed by atoms with van der Waals surface area (Å²) in [7, 11) is 0. The number of hydrogen-bond donors (Lipinski definition) is 1. The Labute approximate surface area is 156 Å². The number of ether oxygens (including phenoxy) is 2. The average Bonchev–Trinajstić information content (AvgIpc) is 2.67. The number of amides is 1. The molecule has 0 radical (unpaired) electrons. The van der Waals surface area contributed by atoms with Gasteiger partial charge in [0.05, 0.1) is 5.25 Å². The topological polar surface area (TPSA) is 47.6 Å². The molecular weight excluding hydrogens is 346 g/mol. The molecule has 0 spiro atoms. The Hall–Kier alpha value is -2.66. The van der Waals surface area contributed by atoms with Crippen molar-refractivity contribution in [3.05, 3.63) is 60.7 Å². The predicted molar refractivity (Wildman–Crippen MR) is 105 cm³/mol. The fourth-order valence-corrected chi connectivity index (χ4v) is 3.78. The van der Waals surface area contributed by atoms with Crippen molar-refractivity contribution in [3.8, 4) is 11.5 Å². The van der Waals surface area contributed by atoms with E-state index >= 15 is 0 Å². The highest BCUT2D eigenvalue weighted by Gasteiger charge is 2.17. The van der Waals surface area contributed by atoms with E-state index in [9.17, 15) is 4.79 Å². The first-order valence-electron chi connectivity index (χ1n) is 8.55. The van der Waals surface area contributed by atoms with Gasteiger partial charge in [-0.15, -0.1) is 11.8 Å². The molecule has 1 aliphatic rings. The van der Waals surface area contributed by atoms with Gasteiger partial charge in [0.1, 0.15) is 13.2 Å². The molecule has 0 aliphatic carbocycles. The third-order valence-electron chi connectivity index (χ3n) is 4.21. The van der Waals surface area contributed by atoms with E-state index in [2.05, 4.69) is 35.6 Å². The molecule has 26 heavy (non-hydrogen) atoms. The SMILES string of the molecule is C[C@@H](Sc1ccc2ccccc2c1)C(=O)Nc1ccc2c(c1)OCCO2. The zero-order valence-corrected chi connectivity index (χ0v) is 15.2. The van der Waals surface area contributed by atoms with Crippen LogP contribution in [-0.4, -0.2) is 24.4 Å². The fourth-order valence-electron chi connectivity index (χ4n) is 2.86. The zero-order valence-electron chi connectivity index (χ0n) is 14.4. The summed E-state index contributed by atoms with van der Waals surface area (Å²) in [4.78, 5) is 13.6. The van der Waals surface area contributed by atoms with E-state index in [1.165, 1.54) is 10.8 Å². The van der Waals surface area contributed by atoms with Crippen LogP contribution in [-0.2, 0) is 4.79 Å². The molecule has 132 valence electrons. The molecule has 0 saturated heterocycles. The third kappa shape index (κ3) is 3.63. The lowest BCUT2D eigenvalue weighted by Gasteiger charge is -2.19. The maximum atomic E-state index is 12.5. The quantitative estimate of drug-likeness (QED) is 0.679. The van der Waals surface area contributed by atoms with Crippen LogP contribution in [0.25, 0.3) is 10.8 Å². The van der Waals surface area contributed by atoms with Crippen LogP contribution in [0.4, 0.5) is 5.69 Å². The number of fused-ring (bicyclic) bond motifs is 2. The van der Waals surface area contributed by atoms with E-state index < -0.39 is 0 Å². The van der Waals surface area contributed by atoms with Crippen LogP contribution >= 0.6 is 11.8 Å². The highest BCUT2D eigenvalue weighted by molar-refractivity contribution is 8.00. The number of hydrogen-bond acceptors (Lipinski definition) is 4. The van der Waals surface area contributed by atoms with Crippen LogP contribution in [0.5, 0.6) is 11.5 Å². The standard InChI is InChI=1S/C21H19NO3S/c1-14(26-18-8-6-15-4-2-3-5-16(15)12-18)21(23)22-17-7-9-19-20(13-17)25-11-10-24-19/h2-9,12-14H,10-11H2,1H3,(H,22,23)/t14-/m1/s1. The second kappa shape index (κ2) is 7.30. The summed E-state index contributed by atoms with van der Waals surface area (Å²) in [5.41, 5.74) is 0.713. The van der Waals surface area contributed by atoms with Crippen LogP contribution < -0.4 is 14.8 Å². The molecule has 3 aromatic rings. The molecule has 1 amide bonds. The Bertz CT molecular complexity index is 957. The molecule has 0 saturated carbocycles. The van der Waals surface area contributed by atoms with E-state index in [1.54, 1.807) is 17.8 Å². The van der Waals surface area contributed by atoms with E-state index in [-0.39, 0.29) is 11.2 Å². The van der Waals surface area contributed by atoms with Gasteiger partial charge in [0, 0.05) is 16.6 Å². The molecule has 1 atom stereocenters. The van der Waals surface area contributed by atoms with Crippen molar-refractivity contribution >= 4 is 34.1 Å². The molecule has 1 heterocycles. The van der Waals surface area contributed by atoms with Gasteiger partial charge in [0.25, 0.3) is 0 Å². The van der Waals surface area contributed by atoms with Gasteiger partial charge in [-0.25, -0.2) is 0 Å². The van der Waals surface area contributed by atoms with E-state index in [0.717, 1.165) is 4.90 Å². The molecule has 0 aromatic heterocycles. The second-order valence-electron chi connectivity index (χ2n) is 6.12. The zero-order chi connectivity index (χ0) is 17.9. The number of nitrogens with one attached hydrogen (secondary N) is 1. The van der Waals surface area contributed by atoms with Crippen molar-refractivity contribution in [1.82, 2.24) is 0 Å². The van der Waals surface area contributed by atoms with Gasteiger partial charge in [-0.3, -0.25) is 4.79 Å². The van der Waals surface area contributed by atoms with E-state index in [1.807, 2.05) is 31.2 Å².